The van der Waals surface area contributed by atoms with E-state index in [1.54, 1.807) is 17.8 Å². The van der Waals surface area contributed by atoms with Crippen LogP contribution >= 0.6 is 22.9 Å². The van der Waals surface area contributed by atoms with Gasteiger partial charge in [-0.05, 0) is 54.0 Å². The number of carbonyl (C=O) groups is 2. The average molecular weight is 768 g/mol. The number of hydrogen-bond acceptors (Lipinski definition) is 9. The van der Waals surface area contributed by atoms with E-state index in [4.69, 9.17) is 22.1 Å². The van der Waals surface area contributed by atoms with Crippen LogP contribution in [0.5, 0.6) is 0 Å². The Balaban J connectivity index is 1.43. The van der Waals surface area contributed by atoms with Crippen LogP contribution in [0.3, 0.4) is 0 Å². The average Bonchev–Trinajstić information content (AvgIpc) is 3.37. The Hall–Kier alpha value is -4.51. The Morgan fingerprint density at radius 1 is 1.13 bits per heavy atom. The topological polar surface area (TPSA) is 129 Å². The van der Waals surface area contributed by atoms with Crippen molar-refractivity contribution in [1.82, 2.24) is 24.6 Å². The van der Waals surface area contributed by atoms with Crippen molar-refractivity contribution in [3.05, 3.63) is 82.2 Å². The van der Waals surface area contributed by atoms with E-state index in [9.17, 15) is 31.5 Å². The Bertz CT molecular complexity index is 2030. The van der Waals surface area contributed by atoms with E-state index in [-0.39, 0.29) is 41.1 Å². The second-order valence-electron chi connectivity index (χ2n) is 14.0. The number of esters is 1. The normalized spacial score (nSPS) is 19.2. The maximum absolute atomic E-state index is 16.2. The SMILES string of the molecule is CC(C)(C)C[C@]1(c2ccc(-c3cncs3)cc2F)N=C(N)N([C@H](COC(=O)CC2(C(F)(F)F)CC2)c2ccc(Cl)c(-n3ncnc3C(F)F)c2)C1=O. The third kappa shape index (κ3) is 6.99. The molecule has 2 atom stereocenters. The molecule has 2 aromatic carbocycles. The summed E-state index contributed by atoms with van der Waals surface area (Å²) >= 11 is 7.69. The van der Waals surface area contributed by atoms with Crippen molar-refractivity contribution >= 4 is 40.8 Å². The van der Waals surface area contributed by atoms with Gasteiger partial charge in [0.05, 0.1) is 39.0 Å². The molecule has 0 saturated heterocycles. The molecule has 4 aromatic rings. The van der Waals surface area contributed by atoms with Crippen LogP contribution in [0.15, 0.2) is 59.4 Å². The summed E-state index contributed by atoms with van der Waals surface area (Å²) < 4.78 is 91.1. The highest BCUT2D eigenvalue weighted by Crippen LogP contribution is 2.60. The van der Waals surface area contributed by atoms with Crippen molar-refractivity contribution in [3.63, 3.8) is 0 Å². The van der Waals surface area contributed by atoms with Gasteiger partial charge in [0.1, 0.15) is 18.8 Å². The van der Waals surface area contributed by atoms with Crippen LogP contribution in [-0.4, -0.2) is 55.3 Å². The summed E-state index contributed by atoms with van der Waals surface area (Å²) in [6.45, 7) is 4.72. The summed E-state index contributed by atoms with van der Waals surface area (Å²) in [5.74, 6) is -3.90. The molecule has 276 valence electrons. The van der Waals surface area contributed by atoms with Gasteiger partial charge in [0.15, 0.2) is 17.3 Å². The smallest absolute Gasteiger partial charge is 0.395 e. The van der Waals surface area contributed by atoms with Crippen LogP contribution < -0.4 is 5.73 Å². The van der Waals surface area contributed by atoms with Crippen molar-refractivity contribution in [1.29, 1.82) is 0 Å². The predicted octanol–water partition coefficient (Wildman–Crippen LogP) is 7.93. The highest BCUT2D eigenvalue weighted by Gasteiger charge is 2.64. The molecule has 2 N–H and O–H groups in total. The van der Waals surface area contributed by atoms with Crippen LogP contribution in [0.4, 0.5) is 26.3 Å². The number of aliphatic imine (C=N–C) groups is 1. The Labute approximate surface area is 302 Å². The fourth-order valence-corrected chi connectivity index (χ4v) is 7.25. The molecule has 2 aromatic heterocycles. The first-order valence-corrected chi connectivity index (χ1v) is 17.2. The van der Waals surface area contributed by atoms with Gasteiger partial charge in [0.25, 0.3) is 12.3 Å². The number of hydrogen-bond donors (Lipinski definition) is 1. The molecule has 1 amide bonds. The number of aromatic nitrogens is 4. The lowest BCUT2D eigenvalue weighted by molar-refractivity contribution is -0.195. The third-order valence-corrected chi connectivity index (χ3v) is 10.2. The van der Waals surface area contributed by atoms with Crippen LogP contribution in [0.25, 0.3) is 16.1 Å². The summed E-state index contributed by atoms with van der Waals surface area (Å²) in [6.07, 6.45) is -6.71. The molecule has 1 saturated carbocycles. The number of halogens is 7. The van der Waals surface area contributed by atoms with E-state index in [1.807, 2.05) is 20.8 Å². The molecule has 0 radical (unpaired) electrons. The van der Waals surface area contributed by atoms with Crippen molar-refractivity contribution in [2.24, 2.45) is 21.6 Å². The molecule has 10 nitrogen and oxygen atoms in total. The highest BCUT2D eigenvalue weighted by molar-refractivity contribution is 7.13. The molecule has 1 fully saturated rings. The van der Waals surface area contributed by atoms with Crippen molar-refractivity contribution in [2.45, 2.75) is 70.6 Å². The first-order chi connectivity index (χ1) is 24.4. The highest BCUT2D eigenvalue weighted by atomic mass is 35.5. The third-order valence-electron chi connectivity index (χ3n) is 9.05. The first kappa shape index (κ1) is 37.3. The molecular weight excluding hydrogens is 736 g/mol. The zero-order chi connectivity index (χ0) is 37.8. The van der Waals surface area contributed by atoms with Gasteiger partial charge in [0.2, 0.25) is 0 Å². The summed E-state index contributed by atoms with van der Waals surface area (Å²) in [4.78, 5) is 41.6. The number of nitrogens with zero attached hydrogens (tertiary/aromatic N) is 6. The minimum Gasteiger partial charge on any atom is -0.463 e. The largest absolute Gasteiger partial charge is 0.463 e. The molecule has 1 aliphatic heterocycles. The Morgan fingerprint density at radius 2 is 1.87 bits per heavy atom. The molecule has 52 heavy (non-hydrogen) atoms. The maximum atomic E-state index is 16.2. The molecule has 1 aliphatic carbocycles. The lowest BCUT2D eigenvalue weighted by atomic mass is 9.75. The van der Waals surface area contributed by atoms with E-state index in [1.165, 1.54) is 41.7 Å². The number of ether oxygens (including phenoxy) is 1. The van der Waals surface area contributed by atoms with Gasteiger partial charge in [0, 0.05) is 11.8 Å². The van der Waals surface area contributed by atoms with E-state index >= 15 is 4.39 Å². The number of benzene rings is 2. The zero-order valence-corrected chi connectivity index (χ0v) is 29.5. The molecule has 6 rings (SSSR count). The number of carbonyl (C=O) groups excluding carboxylic acids is 2. The van der Waals surface area contributed by atoms with Crippen molar-refractivity contribution < 1.29 is 40.7 Å². The molecule has 0 spiro atoms. The van der Waals surface area contributed by atoms with Gasteiger partial charge in [-0.25, -0.2) is 27.8 Å². The van der Waals surface area contributed by atoms with Gasteiger partial charge in [-0.1, -0.05) is 50.6 Å². The fourth-order valence-electron chi connectivity index (χ4n) is 6.43. The van der Waals surface area contributed by atoms with Crippen molar-refractivity contribution in [3.8, 4) is 16.1 Å². The second-order valence-corrected chi connectivity index (χ2v) is 15.3. The van der Waals surface area contributed by atoms with Crippen LogP contribution in [-0.2, 0) is 19.9 Å². The zero-order valence-electron chi connectivity index (χ0n) is 27.9. The minimum absolute atomic E-state index is 0.0456. The second kappa shape index (κ2) is 13.5. The Morgan fingerprint density at radius 3 is 2.46 bits per heavy atom. The standard InChI is InChI=1S/C34H32ClF6N7O3S/c1-31(2,3)15-33(20-6-4-19(10-22(20)36)25-13-43-17-52-25)29(50)47(30(42)46-33)24(14-51-26(49)12-32(8-9-32)34(39,40)41)18-5-7-21(35)23(11-18)48-28(27(37)38)44-16-45-48/h4-7,10-11,13,16-17,24,27H,8-9,12,14-15H2,1-3H3,(H2,42,46)/t24-,33-/m1/s1. The van der Waals surface area contributed by atoms with Crippen LogP contribution in [0.1, 0.15) is 75.9 Å². The lowest BCUT2D eigenvalue weighted by Gasteiger charge is -2.35. The number of amides is 1. The number of alkyl halides is 5. The maximum Gasteiger partial charge on any atom is 0.395 e. The molecule has 18 heteroatoms. The van der Waals surface area contributed by atoms with E-state index in [2.05, 4.69) is 20.1 Å². The fraction of sp³-hybridized carbons (Fsp3) is 0.412. The van der Waals surface area contributed by atoms with Gasteiger partial charge in [-0.3, -0.25) is 19.5 Å². The summed E-state index contributed by atoms with van der Waals surface area (Å²) in [5.41, 5.74) is 3.72. The number of thiazole rings is 1. The monoisotopic (exact) mass is 767 g/mol. The molecule has 0 bridgehead atoms. The molecular formula is C34H32ClF6N7O3S. The van der Waals surface area contributed by atoms with Crippen molar-refractivity contribution in [2.75, 3.05) is 6.61 Å². The quantitative estimate of drug-likeness (QED) is 0.121. The van der Waals surface area contributed by atoms with Gasteiger partial charge >= 0.3 is 12.1 Å². The molecule has 3 heterocycles. The first-order valence-electron chi connectivity index (χ1n) is 15.9. The van der Waals surface area contributed by atoms with Gasteiger partial charge in [-0.2, -0.15) is 18.3 Å². The number of rotatable bonds is 11. The summed E-state index contributed by atoms with van der Waals surface area (Å²) in [5, 5.41) is 3.81. The van der Waals surface area contributed by atoms with E-state index in [0.29, 0.717) is 10.4 Å². The van der Waals surface area contributed by atoms with Gasteiger partial charge < -0.3 is 10.5 Å². The number of guanidine groups is 1. The Kier molecular flexibility index (Phi) is 9.65. The van der Waals surface area contributed by atoms with E-state index in [0.717, 1.165) is 15.9 Å². The van der Waals surface area contributed by atoms with Crippen LogP contribution in [0.2, 0.25) is 5.02 Å². The van der Waals surface area contributed by atoms with Gasteiger partial charge in [-0.15, -0.1) is 11.3 Å². The number of nitrogens with two attached hydrogens (primary N) is 1. The summed E-state index contributed by atoms with van der Waals surface area (Å²) in [7, 11) is 0. The predicted molar refractivity (Wildman–Crippen MR) is 179 cm³/mol. The minimum atomic E-state index is -4.63. The van der Waals surface area contributed by atoms with Crippen LogP contribution in [0, 0.1) is 16.6 Å². The van der Waals surface area contributed by atoms with E-state index < -0.39 is 77.5 Å². The molecule has 2 aliphatic rings. The summed E-state index contributed by atoms with van der Waals surface area (Å²) in [6, 6.07) is 6.92. The molecule has 0 unspecified atom stereocenters. The lowest BCUT2D eigenvalue weighted by Crippen LogP contribution is -2.47.